The minimum absolute atomic E-state index is 0.319. The molecule has 0 aliphatic heterocycles. The third-order valence-electron chi connectivity index (χ3n) is 9.57. The van der Waals surface area contributed by atoms with Gasteiger partial charge in [0.15, 0.2) is 0 Å². The minimum Gasteiger partial charge on any atom is -0.300 e. The molecule has 26 heavy (non-hydrogen) atoms. The molecule has 1 nitrogen and oxygen atoms in total. The van der Waals surface area contributed by atoms with Gasteiger partial charge in [-0.25, -0.2) is 0 Å². The normalized spacial score (nSPS) is 48.0. The second kappa shape index (κ2) is 7.96. The first-order chi connectivity index (χ1) is 12.5. The average Bonchev–Trinajstić information content (AvgIpc) is 2.83. The van der Waals surface area contributed by atoms with E-state index in [1.54, 1.807) is 0 Å². The first-order valence-corrected chi connectivity index (χ1v) is 12.0. The van der Waals surface area contributed by atoms with Crippen LogP contribution >= 0.6 is 0 Å². The van der Waals surface area contributed by atoms with Crippen LogP contribution < -0.4 is 0 Å². The Bertz CT molecular complexity index is 496. The molecule has 0 aromatic heterocycles. The molecule has 0 N–H and O–H groups in total. The Morgan fingerprint density at radius 2 is 1.46 bits per heavy atom. The summed E-state index contributed by atoms with van der Waals surface area (Å²) < 4.78 is 0. The fourth-order valence-electron chi connectivity index (χ4n) is 8.34. The van der Waals surface area contributed by atoms with Gasteiger partial charge in [-0.2, -0.15) is 0 Å². The molecule has 1 heteroatoms. The maximum absolute atomic E-state index is 12.4. The molecular formula is C25H44O. The van der Waals surface area contributed by atoms with Gasteiger partial charge in [-0.15, -0.1) is 0 Å². The largest absolute Gasteiger partial charge is 0.300 e. The summed E-state index contributed by atoms with van der Waals surface area (Å²) in [5.74, 6) is 4.55. The third kappa shape index (κ3) is 3.20. The summed E-state index contributed by atoms with van der Waals surface area (Å²) in [5, 5.41) is 0. The third-order valence-corrected chi connectivity index (χ3v) is 9.57. The van der Waals surface area contributed by atoms with E-state index in [9.17, 15) is 4.79 Å². The van der Waals surface area contributed by atoms with E-state index in [1.807, 2.05) is 20.8 Å². The van der Waals surface area contributed by atoms with Crippen LogP contribution in [0.4, 0.5) is 0 Å². The zero-order valence-corrected chi connectivity index (χ0v) is 18.3. The maximum atomic E-state index is 12.4. The lowest BCUT2D eigenvalue weighted by atomic mass is 9.42. The van der Waals surface area contributed by atoms with Crippen LogP contribution in [-0.2, 0) is 4.79 Å². The lowest BCUT2D eigenvalue weighted by Gasteiger charge is -2.62. The molecular weight excluding hydrogens is 316 g/mol. The quantitative estimate of drug-likeness (QED) is 0.475. The van der Waals surface area contributed by atoms with E-state index in [-0.39, 0.29) is 0 Å². The number of hydrogen-bond acceptors (Lipinski definition) is 1. The van der Waals surface area contributed by atoms with Crippen molar-refractivity contribution in [2.45, 2.75) is 112 Å². The van der Waals surface area contributed by atoms with Gasteiger partial charge in [0, 0.05) is 5.92 Å². The Labute approximate surface area is 163 Å². The van der Waals surface area contributed by atoms with Gasteiger partial charge < -0.3 is 0 Å². The Morgan fingerprint density at radius 1 is 0.731 bits per heavy atom. The van der Waals surface area contributed by atoms with Crippen molar-refractivity contribution in [3.05, 3.63) is 0 Å². The zero-order valence-electron chi connectivity index (χ0n) is 18.3. The number of carbonyl (C=O) groups excluding carboxylic acids is 1. The molecule has 0 aromatic carbocycles. The number of ketones is 1. The molecule has 150 valence electrons. The van der Waals surface area contributed by atoms with Crippen molar-refractivity contribution >= 4 is 5.78 Å². The van der Waals surface area contributed by atoms with E-state index < -0.39 is 0 Å². The number of hydrogen-bond donors (Lipinski definition) is 0. The van der Waals surface area contributed by atoms with Gasteiger partial charge >= 0.3 is 0 Å². The van der Waals surface area contributed by atoms with Crippen LogP contribution in [0.3, 0.4) is 0 Å². The van der Waals surface area contributed by atoms with Gasteiger partial charge in [-0.05, 0) is 92.8 Å². The molecule has 4 fully saturated rings. The van der Waals surface area contributed by atoms with Crippen LogP contribution in [0.1, 0.15) is 112 Å². The number of Topliss-reactive ketones (excluding diaryl/α,β-unsaturated/α-hetero) is 1. The van der Waals surface area contributed by atoms with Crippen LogP contribution in [-0.4, -0.2) is 5.78 Å². The van der Waals surface area contributed by atoms with Crippen molar-refractivity contribution in [2.24, 2.45) is 40.4 Å². The van der Waals surface area contributed by atoms with E-state index in [2.05, 4.69) is 13.8 Å². The van der Waals surface area contributed by atoms with E-state index >= 15 is 0 Å². The zero-order chi connectivity index (χ0) is 18.9. The summed E-state index contributed by atoms with van der Waals surface area (Å²) in [7, 11) is 0. The molecule has 0 saturated heterocycles. The van der Waals surface area contributed by atoms with Crippen molar-refractivity contribution in [1.82, 2.24) is 0 Å². The summed E-state index contributed by atoms with van der Waals surface area (Å²) in [5.41, 5.74) is 0.934. The SMILES string of the molecule is CC.CC(=O)C1CCCC2C3CCC4CCCCCC4(C)C3CCC12C. The second-order valence-corrected chi connectivity index (χ2v) is 10.4. The van der Waals surface area contributed by atoms with E-state index in [4.69, 9.17) is 0 Å². The molecule has 0 aromatic rings. The number of rotatable bonds is 1. The van der Waals surface area contributed by atoms with Crippen molar-refractivity contribution < 1.29 is 4.79 Å². The molecule has 4 rings (SSSR count). The predicted molar refractivity (Wildman–Crippen MR) is 111 cm³/mol. The molecule has 0 heterocycles. The fraction of sp³-hybridized carbons (Fsp3) is 0.960. The molecule has 0 radical (unpaired) electrons. The minimum atomic E-state index is 0.319. The van der Waals surface area contributed by atoms with Crippen molar-refractivity contribution in [1.29, 1.82) is 0 Å². The number of fused-ring (bicyclic) bond motifs is 5. The lowest BCUT2D eigenvalue weighted by molar-refractivity contribution is -0.149. The molecule has 0 bridgehead atoms. The van der Waals surface area contributed by atoms with Crippen molar-refractivity contribution in [3.8, 4) is 0 Å². The van der Waals surface area contributed by atoms with Crippen LogP contribution in [0.2, 0.25) is 0 Å². The van der Waals surface area contributed by atoms with Gasteiger partial charge in [0.2, 0.25) is 0 Å². The molecule has 7 unspecified atom stereocenters. The Hall–Kier alpha value is -0.330. The second-order valence-electron chi connectivity index (χ2n) is 10.4. The van der Waals surface area contributed by atoms with Gasteiger partial charge in [0.25, 0.3) is 0 Å². The van der Waals surface area contributed by atoms with Crippen LogP contribution in [0.5, 0.6) is 0 Å². The van der Waals surface area contributed by atoms with E-state index in [0.717, 1.165) is 23.7 Å². The first kappa shape index (κ1) is 20.4. The number of carbonyl (C=O) groups is 1. The van der Waals surface area contributed by atoms with Crippen molar-refractivity contribution in [2.75, 3.05) is 0 Å². The van der Waals surface area contributed by atoms with Crippen molar-refractivity contribution in [3.63, 3.8) is 0 Å². The highest BCUT2D eigenvalue weighted by Gasteiger charge is 2.58. The molecule has 4 aliphatic rings. The molecule has 0 amide bonds. The Morgan fingerprint density at radius 3 is 2.19 bits per heavy atom. The summed E-state index contributed by atoms with van der Waals surface area (Å²) in [4.78, 5) is 12.4. The van der Waals surface area contributed by atoms with Crippen LogP contribution in [0.25, 0.3) is 0 Å². The van der Waals surface area contributed by atoms with Gasteiger partial charge in [-0.1, -0.05) is 53.4 Å². The molecule has 4 saturated carbocycles. The summed E-state index contributed by atoms with van der Waals surface area (Å²) in [6.07, 6.45) is 17.0. The standard InChI is InChI=1S/C23H38O.C2H6/c1-16(24)19-9-7-10-20-18-12-11-17-8-5-4-6-14-22(17,2)21(18)13-15-23(19,20)3;1-2/h17-21H,4-15H2,1-3H3;1-2H3. The Balaban J connectivity index is 0.000000948. The summed E-state index contributed by atoms with van der Waals surface area (Å²) in [6, 6.07) is 0. The van der Waals surface area contributed by atoms with E-state index in [1.165, 1.54) is 77.0 Å². The fourth-order valence-corrected chi connectivity index (χ4v) is 8.34. The first-order valence-electron chi connectivity index (χ1n) is 12.0. The average molecular weight is 361 g/mol. The molecule has 7 atom stereocenters. The Kier molecular flexibility index (Phi) is 6.25. The lowest BCUT2D eigenvalue weighted by Crippen LogP contribution is -2.55. The highest BCUT2D eigenvalue weighted by atomic mass is 16.1. The van der Waals surface area contributed by atoms with Gasteiger partial charge in [-0.3, -0.25) is 4.79 Å². The highest BCUT2D eigenvalue weighted by Crippen LogP contribution is 2.66. The monoisotopic (exact) mass is 360 g/mol. The molecule has 4 aliphatic carbocycles. The summed E-state index contributed by atoms with van der Waals surface area (Å²) in [6.45, 7) is 11.0. The predicted octanol–water partition coefficient (Wildman–Crippen LogP) is 7.43. The highest BCUT2D eigenvalue weighted by molar-refractivity contribution is 5.79. The smallest absolute Gasteiger partial charge is 0.133 e. The maximum Gasteiger partial charge on any atom is 0.133 e. The van der Waals surface area contributed by atoms with Gasteiger partial charge in [0.1, 0.15) is 5.78 Å². The van der Waals surface area contributed by atoms with E-state index in [0.29, 0.717) is 22.5 Å². The topological polar surface area (TPSA) is 17.1 Å². The molecule has 0 spiro atoms. The summed E-state index contributed by atoms with van der Waals surface area (Å²) >= 11 is 0. The van der Waals surface area contributed by atoms with Crippen LogP contribution in [0, 0.1) is 40.4 Å². The van der Waals surface area contributed by atoms with Crippen LogP contribution in [0.15, 0.2) is 0 Å². The van der Waals surface area contributed by atoms with Gasteiger partial charge in [0.05, 0.1) is 0 Å².